The second-order valence-corrected chi connectivity index (χ2v) is 7.36. The molecule has 8 nitrogen and oxygen atoms in total. The van der Waals surface area contributed by atoms with Crippen LogP contribution in [0.4, 0.5) is 10.2 Å². The van der Waals surface area contributed by atoms with Crippen molar-refractivity contribution in [2.24, 2.45) is 0 Å². The minimum Gasteiger partial charge on any atom is -0.506 e. The number of aromatic nitrogens is 3. The molecule has 0 atom stereocenters. The zero-order valence-corrected chi connectivity index (χ0v) is 17.1. The molecule has 31 heavy (non-hydrogen) atoms. The Balaban J connectivity index is 1.81. The highest BCUT2D eigenvalue weighted by Crippen LogP contribution is 2.28. The highest BCUT2D eigenvalue weighted by Gasteiger charge is 2.22. The molecular formula is C22H22FN5O3. The van der Waals surface area contributed by atoms with Crippen molar-refractivity contribution in [1.82, 2.24) is 19.4 Å². The van der Waals surface area contributed by atoms with Crippen LogP contribution < -0.4 is 10.5 Å². The van der Waals surface area contributed by atoms with E-state index in [1.54, 1.807) is 17.9 Å². The predicted molar refractivity (Wildman–Crippen MR) is 115 cm³/mol. The van der Waals surface area contributed by atoms with E-state index in [4.69, 9.17) is 0 Å². The maximum atomic E-state index is 14.4. The molecular weight excluding hydrogens is 401 g/mol. The molecule has 0 saturated carbocycles. The summed E-state index contributed by atoms with van der Waals surface area (Å²) in [5.41, 5.74) is -0.188. The minimum absolute atomic E-state index is 0.113. The largest absolute Gasteiger partial charge is 0.506 e. The lowest BCUT2D eigenvalue weighted by Gasteiger charge is -2.23. The van der Waals surface area contributed by atoms with Gasteiger partial charge in [-0.25, -0.2) is 14.4 Å². The fourth-order valence-corrected chi connectivity index (χ4v) is 3.96. The number of hydrogen-bond acceptors (Lipinski definition) is 6. The normalized spacial score (nSPS) is 14.5. The number of nitrogens with zero attached hydrogens (tertiary/aromatic N) is 5. The SMILES string of the molecule is C=CC(=O)N1CCCN(c2ncnc3c(=O)n(-c4c(O)cccc4F)c(C)cc23)CC1. The summed E-state index contributed by atoms with van der Waals surface area (Å²) in [7, 11) is 0. The Kier molecular flexibility index (Phi) is 5.41. The van der Waals surface area contributed by atoms with E-state index in [-0.39, 0.29) is 22.9 Å². The van der Waals surface area contributed by atoms with E-state index in [9.17, 15) is 19.1 Å². The number of carbonyl (C=O) groups is 1. The molecule has 3 aromatic rings. The summed E-state index contributed by atoms with van der Waals surface area (Å²) < 4.78 is 15.6. The minimum atomic E-state index is -0.710. The number of halogens is 1. The number of phenols is 1. The molecule has 4 rings (SSSR count). The first kappa shape index (κ1) is 20.5. The fraction of sp³-hybridized carbons (Fsp3) is 0.273. The van der Waals surface area contributed by atoms with Gasteiger partial charge in [0.05, 0.1) is 5.39 Å². The Morgan fingerprint density at radius 1 is 1.23 bits per heavy atom. The van der Waals surface area contributed by atoms with Crippen LogP contribution >= 0.6 is 0 Å². The van der Waals surface area contributed by atoms with Gasteiger partial charge in [-0.15, -0.1) is 0 Å². The van der Waals surface area contributed by atoms with E-state index in [0.717, 1.165) is 11.0 Å². The van der Waals surface area contributed by atoms with Crippen molar-refractivity contribution >= 4 is 22.6 Å². The molecule has 1 aliphatic heterocycles. The Morgan fingerprint density at radius 2 is 2.03 bits per heavy atom. The highest BCUT2D eigenvalue weighted by molar-refractivity contribution is 5.90. The lowest BCUT2D eigenvalue weighted by Crippen LogP contribution is -2.34. The van der Waals surface area contributed by atoms with Crippen LogP contribution in [0.25, 0.3) is 16.6 Å². The smallest absolute Gasteiger partial charge is 0.282 e. The average Bonchev–Trinajstić information content (AvgIpc) is 3.01. The number of hydrogen-bond donors (Lipinski definition) is 1. The molecule has 0 radical (unpaired) electrons. The standard InChI is InChI=1S/C22H22FN5O3/c1-3-18(30)26-8-5-9-27(11-10-26)21-15-12-14(2)28(22(31)19(15)24-13-25-21)20-16(23)6-4-7-17(20)29/h3-4,6-7,12-13,29H,1,5,8-11H2,2H3. The number of aromatic hydroxyl groups is 1. The van der Waals surface area contributed by atoms with Crippen LogP contribution in [0.2, 0.25) is 0 Å². The number of pyridine rings is 1. The first-order valence-electron chi connectivity index (χ1n) is 9.94. The third-order valence-corrected chi connectivity index (χ3v) is 5.45. The molecule has 1 amide bonds. The topological polar surface area (TPSA) is 91.6 Å². The van der Waals surface area contributed by atoms with E-state index in [0.29, 0.717) is 43.1 Å². The van der Waals surface area contributed by atoms with Gasteiger partial charge in [-0.1, -0.05) is 12.6 Å². The van der Waals surface area contributed by atoms with Gasteiger partial charge in [-0.05, 0) is 37.6 Å². The second-order valence-electron chi connectivity index (χ2n) is 7.36. The number of fused-ring (bicyclic) bond motifs is 1. The quantitative estimate of drug-likeness (QED) is 0.649. The van der Waals surface area contributed by atoms with Crippen LogP contribution in [0.3, 0.4) is 0 Å². The van der Waals surface area contributed by atoms with E-state index in [1.807, 2.05) is 4.90 Å². The molecule has 0 aliphatic carbocycles. The second kappa shape index (κ2) is 8.17. The zero-order valence-electron chi connectivity index (χ0n) is 17.1. The summed E-state index contributed by atoms with van der Waals surface area (Å²) in [6.07, 6.45) is 3.35. The highest BCUT2D eigenvalue weighted by atomic mass is 19.1. The van der Waals surface area contributed by atoms with Crippen molar-refractivity contribution in [2.45, 2.75) is 13.3 Å². The number of anilines is 1. The molecule has 1 N–H and O–H groups in total. The van der Waals surface area contributed by atoms with Crippen LogP contribution in [0, 0.1) is 12.7 Å². The van der Waals surface area contributed by atoms with Crippen LogP contribution in [-0.2, 0) is 4.79 Å². The van der Waals surface area contributed by atoms with Gasteiger partial charge in [0.25, 0.3) is 5.56 Å². The summed E-state index contributed by atoms with van der Waals surface area (Å²) in [6, 6.07) is 5.60. The van der Waals surface area contributed by atoms with Crippen LogP contribution in [0.5, 0.6) is 5.75 Å². The number of benzene rings is 1. The summed E-state index contributed by atoms with van der Waals surface area (Å²) in [6.45, 7) is 7.53. The van der Waals surface area contributed by atoms with Crippen molar-refractivity contribution in [1.29, 1.82) is 0 Å². The van der Waals surface area contributed by atoms with Crippen molar-refractivity contribution < 1.29 is 14.3 Å². The molecule has 0 unspecified atom stereocenters. The molecule has 3 heterocycles. The van der Waals surface area contributed by atoms with Gasteiger partial charge >= 0.3 is 0 Å². The monoisotopic (exact) mass is 423 g/mol. The molecule has 2 aromatic heterocycles. The van der Waals surface area contributed by atoms with Crippen molar-refractivity contribution in [3.8, 4) is 11.4 Å². The van der Waals surface area contributed by atoms with Crippen molar-refractivity contribution in [2.75, 3.05) is 31.1 Å². The van der Waals surface area contributed by atoms with Crippen molar-refractivity contribution in [3.05, 3.63) is 65.1 Å². The van der Waals surface area contributed by atoms with E-state index in [2.05, 4.69) is 16.5 Å². The van der Waals surface area contributed by atoms with Gasteiger partial charge in [0, 0.05) is 31.9 Å². The van der Waals surface area contributed by atoms with Gasteiger partial charge in [0.15, 0.2) is 5.82 Å². The summed E-state index contributed by atoms with van der Waals surface area (Å²) in [5.74, 6) is -0.572. The Hall–Kier alpha value is -3.75. The lowest BCUT2D eigenvalue weighted by molar-refractivity contribution is -0.125. The summed E-state index contributed by atoms with van der Waals surface area (Å²) in [4.78, 5) is 37.5. The maximum absolute atomic E-state index is 14.4. The molecule has 1 fully saturated rings. The van der Waals surface area contributed by atoms with E-state index >= 15 is 0 Å². The van der Waals surface area contributed by atoms with Gasteiger partial charge in [0.2, 0.25) is 5.91 Å². The molecule has 160 valence electrons. The maximum Gasteiger partial charge on any atom is 0.282 e. The molecule has 1 saturated heterocycles. The summed E-state index contributed by atoms with van der Waals surface area (Å²) in [5, 5.41) is 10.7. The molecule has 0 bridgehead atoms. The molecule has 1 aliphatic rings. The number of amides is 1. The third-order valence-electron chi connectivity index (χ3n) is 5.45. The van der Waals surface area contributed by atoms with Crippen molar-refractivity contribution in [3.63, 3.8) is 0 Å². The first-order valence-corrected chi connectivity index (χ1v) is 9.94. The van der Waals surface area contributed by atoms with E-state index < -0.39 is 11.4 Å². The Bertz CT molecular complexity index is 1220. The first-order chi connectivity index (χ1) is 14.9. The number of phenolic OH excluding ortho intramolecular Hbond substituents is 1. The zero-order chi connectivity index (χ0) is 22.1. The molecule has 1 aromatic carbocycles. The number of rotatable bonds is 3. The fourth-order valence-electron chi connectivity index (χ4n) is 3.96. The van der Waals surface area contributed by atoms with Gasteiger partial charge in [-0.3, -0.25) is 14.2 Å². The summed E-state index contributed by atoms with van der Waals surface area (Å²) >= 11 is 0. The molecule has 0 spiro atoms. The van der Waals surface area contributed by atoms with Crippen LogP contribution in [-0.4, -0.2) is 56.6 Å². The lowest BCUT2D eigenvalue weighted by atomic mass is 10.2. The van der Waals surface area contributed by atoms with Gasteiger partial charge in [-0.2, -0.15) is 0 Å². The molecule has 9 heteroatoms. The number of carbonyl (C=O) groups excluding carboxylic acids is 1. The average molecular weight is 423 g/mol. The third kappa shape index (κ3) is 3.63. The van der Waals surface area contributed by atoms with Gasteiger partial charge < -0.3 is 14.9 Å². The predicted octanol–water partition coefficient (Wildman–Crippen LogP) is 2.16. The van der Waals surface area contributed by atoms with Crippen LogP contribution in [0.15, 0.2) is 48.0 Å². The van der Waals surface area contributed by atoms with E-state index in [1.165, 1.54) is 30.6 Å². The number of para-hydroxylation sites is 1. The Labute approximate surface area is 177 Å². The number of aryl methyl sites for hydroxylation is 1. The van der Waals surface area contributed by atoms with Crippen LogP contribution in [0.1, 0.15) is 12.1 Å². The Morgan fingerprint density at radius 3 is 2.77 bits per heavy atom. The van der Waals surface area contributed by atoms with Gasteiger partial charge in [0.1, 0.15) is 29.1 Å².